The zero-order valence-electron chi connectivity index (χ0n) is 5.34. The first kappa shape index (κ1) is 6.10. The molecule has 0 N–H and O–H groups in total. The molecule has 2 rings (SSSR count). The van der Waals surface area contributed by atoms with Crippen molar-refractivity contribution in [2.45, 2.75) is 6.42 Å². The minimum absolute atomic E-state index is 0.981. The van der Waals surface area contributed by atoms with Gasteiger partial charge in [-0.05, 0) is 23.8 Å². The Hall–Kier alpha value is -0.630. The molecule has 0 unspecified atom stereocenters. The SMILES string of the molecule is Brc1ccc2c(c1)CC=N2. The summed E-state index contributed by atoms with van der Waals surface area (Å²) in [6.07, 6.45) is 2.92. The van der Waals surface area contributed by atoms with Gasteiger partial charge in [0.25, 0.3) is 0 Å². The molecule has 0 fully saturated rings. The minimum Gasteiger partial charge on any atom is -0.261 e. The van der Waals surface area contributed by atoms with Crippen LogP contribution in [-0.4, -0.2) is 6.21 Å². The maximum absolute atomic E-state index is 4.19. The molecule has 1 aliphatic heterocycles. The zero-order valence-corrected chi connectivity index (χ0v) is 6.93. The van der Waals surface area contributed by atoms with E-state index in [2.05, 4.69) is 27.0 Å². The Kier molecular flexibility index (Phi) is 1.34. The van der Waals surface area contributed by atoms with Crippen LogP contribution in [0, 0.1) is 0 Å². The van der Waals surface area contributed by atoms with Gasteiger partial charge in [0.15, 0.2) is 0 Å². The molecule has 1 nitrogen and oxygen atoms in total. The Morgan fingerprint density at radius 1 is 1.40 bits per heavy atom. The summed E-state index contributed by atoms with van der Waals surface area (Å²) in [5, 5.41) is 0. The molecule has 1 aromatic carbocycles. The average molecular weight is 196 g/mol. The van der Waals surface area contributed by atoms with Crippen molar-refractivity contribution >= 4 is 27.8 Å². The monoisotopic (exact) mass is 195 g/mol. The largest absolute Gasteiger partial charge is 0.261 e. The number of hydrogen-bond donors (Lipinski definition) is 0. The van der Waals surface area contributed by atoms with Gasteiger partial charge in [-0.15, -0.1) is 0 Å². The highest BCUT2D eigenvalue weighted by atomic mass is 79.9. The van der Waals surface area contributed by atoms with Gasteiger partial charge < -0.3 is 0 Å². The van der Waals surface area contributed by atoms with E-state index in [0.717, 1.165) is 16.6 Å². The lowest BCUT2D eigenvalue weighted by Crippen LogP contribution is -1.77. The summed E-state index contributed by atoms with van der Waals surface area (Å²) in [6.45, 7) is 0. The van der Waals surface area contributed by atoms with E-state index >= 15 is 0 Å². The first-order valence-electron chi connectivity index (χ1n) is 3.17. The predicted molar refractivity (Wildman–Crippen MR) is 46.0 cm³/mol. The highest BCUT2D eigenvalue weighted by molar-refractivity contribution is 9.10. The first-order chi connectivity index (χ1) is 4.86. The van der Waals surface area contributed by atoms with E-state index in [0.29, 0.717) is 0 Å². The molecule has 2 heteroatoms. The van der Waals surface area contributed by atoms with Crippen LogP contribution >= 0.6 is 15.9 Å². The van der Waals surface area contributed by atoms with Crippen molar-refractivity contribution in [3.63, 3.8) is 0 Å². The van der Waals surface area contributed by atoms with Gasteiger partial charge in [0, 0.05) is 17.1 Å². The van der Waals surface area contributed by atoms with E-state index in [-0.39, 0.29) is 0 Å². The Morgan fingerprint density at radius 3 is 3.20 bits per heavy atom. The molecule has 0 radical (unpaired) electrons. The van der Waals surface area contributed by atoms with Gasteiger partial charge in [0.05, 0.1) is 5.69 Å². The summed E-state index contributed by atoms with van der Waals surface area (Å²) < 4.78 is 1.14. The van der Waals surface area contributed by atoms with Gasteiger partial charge >= 0.3 is 0 Å². The third-order valence-corrected chi connectivity index (χ3v) is 2.08. The molecule has 1 aliphatic rings. The number of rotatable bonds is 0. The highest BCUT2D eigenvalue weighted by Gasteiger charge is 2.04. The fraction of sp³-hybridized carbons (Fsp3) is 0.125. The molecule has 0 atom stereocenters. The van der Waals surface area contributed by atoms with E-state index < -0.39 is 0 Å². The molecule has 0 spiro atoms. The van der Waals surface area contributed by atoms with Crippen LogP contribution in [0.15, 0.2) is 27.7 Å². The smallest absolute Gasteiger partial charge is 0.0662 e. The molecule has 10 heavy (non-hydrogen) atoms. The summed E-state index contributed by atoms with van der Waals surface area (Å²) in [5.74, 6) is 0. The molecule has 50 valence electrons. The first-order valence-corrected chi connectivity index (χ1v) is 3.96. The van der Waals surface area contributed by atoms with Crippen LogP contribution in [0.4, 0.5) is 5.69 Å². The lowest BCUT2D eigenvalue weighted by Gasteiger charge is -1.95. The van der Waals surface area contributed by atoms with Crippen LogP contribution in [0.1, 0.15) is 5.56 Å². The summed E-state index contributed by atoms with van der Waals surface area (Å²) in [4.78, 5) is 4.19. The fourth-order valence-corrected chi connectivity index (χ4v) is 1.49. The lowest BCUT2D eigenvalue weighted by molar-refractivity contribution is 1.40. The van der Waals surface area contributed by atoms with Gasteiger partial charge in [0.1, 0.15) is 0 Å². The normalized spacial score (nSPS) is 13.7. The number of nitrogens with zero attached hydrogens (tertiary/aromatic N) is 1. The van der Waals surface area contributed by atoms with Gasteiger partial charge in [-0.3, -0.25) is 4.99 Å². The third-order valence-electron chi connectivity index (χ3n) is 1.58. The maximum atomic E-state index is 4.19. The second kappa shape index (κ2) is 2.20. The quantitative estimate of drug-likeness (QED) is 0.604. The van der Waals surface area contributed by atoms with E-state index in [4.69, 9.17) is 0 Å². The van der Waals surface area contributed by atoms with Crippen molar-refractivity contribution in [3.05, 3.63) is 28.2 Å². The number of fused-ring (bicyclic) bond motifs is 1. The van der Waals surface area contributed by atoms with Crippen LogP contribution in [-0.2, 0) is 6.42 Å². The third kappa shape index (κ3) is 0.886. The second-order valence-electron chi connectivity index (χ2n) is 2.29. The topological polar surface area (TPSA) is 12.4 Å². The molecule has 0 aromatic heterocycles. The van der Waals surface area contributed by atoms with E-state index in [1.165, 1.54) is 5.56 Å². The van der Waals surface area contributed by atoms with Gasteiger partial charge in [-0.25, -0.2) is 0 Å². The van der Waals surface area contributed by atoms with Crippen LogP contribution in [0.2, 0.25) is 0 Å². The van der Waals surface area contributed by atoms with Crippen molar-refractivity contribution < 1.29 is 0 Å². The van der Waals surface area contributed by atoms with Crippen LogP contribution in [0.25, 0.3) is 0 Å². The average Bonchev–Trinajstić information content (AvgIpc) is 2.33. The minimum atomic E-state index is 0.981. The highest BCUT2D eigenvalue weighted by Crippen LogP contribution is 2.26. The number of aliphatic imine (C=N–C) groups is 1. The number of benzene rings is 1. The molecular formula is C8H6BrN. The van der Waals surface area contributed by atoms with Crippen molar-refractivity contribution in [3.8, 4) is 0 Å². The lowest BCUT2D eigenvalue weighted by atomic mass is 10.2. The molecule has 0 saturated carbocycles. The van der Waals surface area contributed by atoms with Crippen LogP contribution in [0.5, 0.6) is 0 Å². The molecule has 0 aliphatic carbocycles. The number of hydrogen-bond acceptors (Lipinski definition) is 1. The molecule has 0 amide bonds. The maximum Gasteiger partial charge on any atom is 0.0662 e. The summed E-state index contributed by atoms with van der Waals surface area (Å²) >= 11 is 3.41. The summed E-state index contributed by atoms with van der Waals surface area (Å²) in [7, 11) is 0. The van der Waals surface area contributed by atoms with Crippen LogP contribution < -0.4 is 0 Å². The number of halogens is 1. The molecule has 1 aromatic rings. The zero-order chi connectivity index (χ0) is 6.97. The van der Waals surface area contributed by atoms with Crippen LogP contribution in [0.3, 0.4) is 0 Å². The van der Waals surface area contributed by atoms with E-state index in [1.54, 1.807) is 0 Å². The Balaban J connectivity index is 2.59. The molecule has 0 bridgehead atoms. The second-order valence-corrected chi connectivity index (χ2v) is 3.20. The molecule has 0 saturated heterocycles. The Morgan fingerprint density at radius 2 is 2.30 bits per heavy atom. The fourth-order valence-electron chi connectivity index (χ4n) is 1.09. The van der Waals surface area contributed by atoms with E-state index in [1.807, 2.05) is 18.3 Å². The van der Waals surface area contributed by atoms with Crippen molar-refractivity contribution in [1.29, 1.82) is 0 Å². The molecular weight excluding hydrogens is 190 g/mol. The Bertz CT molecular complexity index is 291. The summed E-state index contributed by atoms with van der Waals surface area (Å²) in [5.41, 5.74) is 2.43. The van der Waals surface area contributed by atoms with Gasteiger partial charge in [-0.1, -0.05) is 15.9 Å². The van der Waals surface area contributed by atoms with Crippen molar-refractivity contribution in [2.24, 2.45) is 4.99 Å². The Labute approximate surface area is 67.9 Å². The molecule has 1 heterocycles. The van der Waals surface area contributed by atoms with Crippen molar-refractivity contribution in [1.82, 2.24) is 0 Å². The summed E-state index contributed by atoms with van der Waals surface area (Å²) in [6, 6.07) is 6.16. The van der Waals surface area contributed by atoms with Gasteiger partial charge in [0.2, 0.25) is 0 Å². The standard InChI is InChI=1S/C8H6BrN/c9-7-1-2-8-6(5-7)3-4-10-8/h1-2,4-5H,3H2. The van der Waals surface area contributed by atoms with E-state index in [9.17, 15) is 0 Å². The van der Waals surface area contributed by atoms with Crippen molar-refractivity contribution in [2.75, 3.05) is 0 Å². The van der Waals surface area contributed by atoms with Gasteiger partial charge in [-0.2, -0.15) is 0 Å². The predicted octanol–water partition coefficient (Wildman–Crippen LogP) is 2.71.